The van der Waals surface area contributed by atoms with Gasteiger partial charge >= 0.3 is 5.97 Å². The Balaban J connectivity index is 1.76. The molecule has 30 heavy (non-hydrogen) atoms. The second kappa shape index (κ2) is 8.36. The summed E-state index contributed by atoms with van der Waals surface area (Å²) in [6.07, 6.45) is 6.27. The van der Waals surface area contributed by atoms with E-state index in [9.17, 15) is 14.7 Å². The molecule has 0 radical (unpaired) electrons. The molecule has 1 aromatic carbocycles. The number of nitrogens with zero attached hydrogens (tertiary/aromatic N) is 1. The summed E-state index contributed by atoms with van der Waals surface area (Å²) in [7, 11) is 0. The predicted molar refractivity (Wildman–Crippen MR) is 115 cm³/mol. The molecular formula is C24H30N2O4. The van der Waals surface area contributed by atoms with Crippen LogP contribution >= 0.6 is 0 Å². The number of ether oxygens (including phenoxy) is 1. The van der Waals surface area contributed by atoms with Crippen LogP contribution in [0.15, 0.2) is 47.4 Å². The number of benzene rings is 1. The molecule has 2 aliphatic rings. The van der Waals surface area contributed by atoms with Crippen LogP contribution in [0.3, 0.4) is 0 Å². The van der Waals surface area contributed by atoms with Crippen LogP contribution < -0.4 is 10.9 Å². The van der Waals surface area contributed by atoms with Gasteiger partial charge in [0, 0.05) is 29.8 Å². The molecule has 2 N–H and O–H groups in total. The fourth-order valence-corrected chi connectivity index (χ4v) is 5.20. The summed E-state index contributed by atoms with van der Waals surface area (Å²) in [6, 6.07) is 10.9. The lowest BCUT2D eigenvalue weighted by molar-refractivity contribution is -0.115. The van der Waals surface area contributed by atoms with Crippen LogP contribution in [0.2, 0.25) is 0 Å². The van der Waals surface area contributed by atoms with Crippen LogP contribution in [0.4, 0.5) is 0 Å². The van der Waals surface area contributed by atoms with Crippen molar-refractivity contribution in [3.63, 3.8) is 0 Å². The molecule has 0 bridgehead atoms. The van der Waals surface area contributed by atoms with Crippen molar-refractivity contribution in [1.82, 2.24) is 9.88 Å². The SMILES string of the molecule is CCOC(=O)c1cn(C[C@@]2(O)CCNCC23CCCC3)c(=O)cc1-c1ccccc1. The number of carbonyl (C=O) groups is 1. The van der Waals surface area contributed by atoms with Gasteiger partial charge in [-0.15, -0.1) is 0 Å². The fourth-order valence-electron chi connectivity index (χ4n) is 5.20. The Hall–Kier alpha value is -2.44. The van der Waals surface area contributed by atoms with Crippen LogP contribution in [0.1, 0.15) is 49.4 Å². The van der Waals surface area contributed by atoms with Gasteiger partial charge in [0.1, 0.15) is 0 Å². The molecular weight excluding hydrogens is 380 g/mol. The highest BCUT2D eigenvalue weighted by Crippen LogP contribution is 2.49. The molecule has 0 unspecified atom stereocenters. The highest BCUT2D eigenvalue weighted by atomic mass is 16.5. The highest BCUT2D eigenvalue weighted by molar-refractivity contribution is 5.96. The number of esters is 1. The van der Waals surface area contributed by atoms with Crippen LogP contribution in [-0.2, 0) is 11.3 Å². The fraction of sp³-hybridized carbons (Fsp3) is 0.500. The second-order valence-electron chi connectivity index (χ2n) is 8.60. The van der Waals surface area contributed by atoms with Gasteiger partial charge in [-0.3, -0.25) is 4.79 Å². The zero-order valence-electron chi connectivity index (χ0n) is 17.5. The zero-order valence-corrected chi connectivity index (χ0v) is 17.5. The molecule has 2 aromatic rings. The maximum Gasteiger partial charge on any atom is 0.340 e. The van der Waals surface area contributed by atoms with Crippen molar-refractivity contribution in [2.24, 2.45) is 5.41 Å². The summed E-state index contributed by atoms with van der Waals surface area (Å²) in [5.74, 6) is -0.460. The third kappa shape index (κ3) is 3.70. The van der Waals surface area contributed by atoms with Gasteiger partial charge in [-0.1, -0.05) is 43.2 Å². The molecule has 6 nitrogen and oxygen atoms in total. The largest absolute Gasteiger partial charge is 0.462 e. The number of rotatable bonds is 5. The predicted octanol–water partition coefficient (Wildman–Crippen LogP) is 2.98. The summed E-state index contributed by atoms with van der Waals surface area (Å²) in [4.78, 5) is 25.8. The summed E-state index contributed by atoms with van der Waals surface area (Å²) in [6.45, 7) is 3.70. The number of carbonyl (C=O) groups excluding carboxylic acids is 1. The van der Waals surface area contributed by atoms with E-state index in [4.69, 9.17) is 4.74 Å². The molecule has 160 valence electrons. The molecule has 1 saturated heterocycles. The Labute approximate surface area is 176 Å². The van der Waals surface area contributed by atoms with Crippen molar-refractivity contribution in [2.45, 2.75) is 51.2 Å². The molecule has 4 rings (SSSR count). The van der Waals surface area contributed by atoms with Gasteiger partial charge in [-0.2, -0.15) is 0 Å². The van der Waals surface area contributed by atoms with Crippen LogP contribution in [-0.4, -0.2) is 40.9 Å². The first kappa shape index (κ1) is 20.8. The number of hydrogen-bond donors (Lipinski definition) is 2. The molecule has 1 atom stereocenters. The number of aromatic nitrogens is 1. The minimum absolute atomic E-state index is 0.189. The van der Waals surface area contributed by atoms with Crippen LogP contribution in [0.25, 0.3) is 11.1 Å². The lowest BCUT2D eigenvalue weighted by Gasteiger charge is -2.49. The second-order valence-corrected chi connectivity index (χ2v) is 8.60. The van der Waals surface area contributed by atoms with Crippen molar-refractivity contribution in [3.05, 3.63) is 58.5 Å². The van der Waals surface area contributed by atoms with Crippen molar-refractivity contribution in [1.29, 1.82) is 0 Å². The number of aliphatic hydroxyl groups is 1. The normalized spacial score (nSPS) is 22.9. The van der Waals surface area contributed by atoms with E-state index in [1.807, 2.05) is 30.3 Å². The van der Waals surface area contributed by atoms with Crippen molar-refractivity contribution < 1.29 is 14.6 Å². The average molecular weight is 411 g/mol. The highest BCUT2D eigenvalue weighted by Gasteiger charge is 2.53. The first-order valence-corrected chi connectivity index (χ1v) is 10.9. The van der Waals surface area contributed by atoms with E-state index >= 15 is 0 Å². The van der Waals surface area contributed by atoms with Gasteiger partial charge in [0.15, 0.2) is 0 Å². The van der Waals surface area contributed by atoms with Gasteiger partial charge in [-0.25, -0.2) is 4.79 Å². The summed E-state index contributed by atoms with van der Waals surface area (Å²) in [5, 5.41) is 15.1. The number of pyridine rings is 1. The number of hydrogen-bond acceptors (Lipinski definition) is 5. The number of piperidine rings is 1. The van der Waals surface area contributed by atoms with E-state index in [2.05, 4.69) is 5.32 Å². The maximum atomic E-state index is 13.0. The lowest BCUT2D eigenvalue weighted by Crippen LogP contribution is -2.60. The summed E-state index contributed by atoms with van der Waals surface area (Å²) in [5.41, 5.74) is 0.287. The molecule has 1 aromatic heterocycles. The van der Waals surface area contributed by atoms with Crippen molar-refractivity contribution >= 4 is 5.97 Å². The standard InChI is InChI=1S/C24H30N2O4/c1-2-30-22(28)20-15-26(21(27)14-19(20)18-8-4-3-5-9-18)17-24(29)12-13-25-16-23(24)10-6-7-11-23/h3-5,8-9,14-15,25,29H,2,6-7,10-13,16-17H2,1H3/t24-/m0/s1. The zero-order chi connectivity index (χ0) is 21.2. The van der Waals surface area contributed by atoms with Gasteiger partial charge in [-0.05, 0) is 38.3 Å². The van der Waals surface area contributed by atoms with E-state index in [0.717, 1.165) is 44.3 Å². The van der Waals surface area contributed by atoms with Crippen LogP contribution in [0.5, 0.6) is 0 Å². The van der Waals surface area contributed by atoms with Crippen molar-refractivity contribution in [3.8, 4) is 11.1 Å². The molecule has 1 saturated carbocycles. The Morgan fingerprint density at radius 3 is 2.63 bits per heavy atom. The monoisotopic (exact) mass is 410 g/mol. The minimum Gasteiger partial charge on any atom is -0.462 e. The minimum atomic E-state index is -0.973. The Morgan fingerprint density at radius 1 is 1.20 bits per heavy atom. The average Bonchev–Trinajstić information content (AvgIpc) is 3.23. The first-order chi connectivity index (χ1) is 14.5. The molecule has 6 heteroatoms. The van der Waals surface area contributed by atoms with Gasteiger partial charge < -0.3 is 19.7 Å². The molecule has 2 heterocycles. The van der Waals surface area contributed by atoms with E-state index < -0.39 is 11.6 Å². The first-order valence-electron chi connectivity index (χ1n) is 10.9. The molecule has 0 amide bonds. The van der Waals surface area contributed by atoms with Gasteiger partial charge in [0.05, 0.1) is 24.3 Å². The van der Waals surface area contributed by atoms with Crippen LogP contribution in [0, 0.1) is 5.41 Å². The Kier molecular flexibility index (Phi) is 5.80. The third-order valence-corrected chi connectivity index (χ3v) is 6.86. The number of nitrogens with one attached hydrogen (secondary N) is 1. The topological polar surface area (TPSA) is 80.6 Å². The molecule has 2 fully saturated rings. The molecule has 1 aliphatic carbocycles. The van der Waals surface area contributed by atoms with E-state index in [1.165, 1.54) is 10.6 Å². The third-order valence-electron chi connectivity index (χ3n) is 6.86. The summed E-state index contributed by atoms with van der Waals surface area (Å²) >= 11 is 0. The quantitative estimate of drug-likeness (QED) is 0.741. The Bertz CT molecular complexity index is 963. The molecule has 1 aliphatic heterocycles. The molecule has 1 spiro atoms. The smallest absolute Gasteiger partial charge is 0.340 e. The van der Waals surface area contributed by atoms with Gasteiger partial charge in [0.2, 0.25) is 0 Å². The van der Waals surface area contributed by atoms with E-state index in [1.54, 1.807) is 13.1 Å². The van der Waals surface area contributed by atoms with Crippen molar-refractivity contribution in [2.75, 3.05) is 19.7 Å². The van der Waals surface area contributed by atoms with E-state index in [0.29, 0.717) is 17.5 Å². The summed E-state index contributed by atoms with van der Waals surface area (Å²) < 4.78 is 6.77. The lowest BCUT2D eigenvalue weighted by atomic mass is 9.66. The van der Waals surface area contributed by atoms with Gasteiger partial charge in [0.25, 0.3) is 5.56 Å². The van der Waals surface area contributed by atoms with E-state index in [-0.39, 0.29) is 24.1 Å². The maximum absolute atomic E-state index is 13.0. The Morgan fingerprint density at radius 2 is 1.93 bits per heavy atom.